The lowest BCUT2D eigenvalue weighted by atomic mass is 10.1. The molecule has 6 heteroatoms. The van der Waals surface area contributed by atoms with Crippen molar-refractivity contribution in [3.8, 4) is 0 Å². The summed E-state index contributed by atoms with van der Waals surface area (Å²) in [6.45, 7) is 0.669. The summed E-state index contributed by atoms with van der Waals surface area (Å²) >= 11 is 1.67. The van der Waals surface area contributed by atoms with E-state index >= 15 is 0 Å². The Bertz CT molecular complexity index is 567. The molecule has 1 amide bonds. The summed E-state index contributed by atoms with van der Waals surface area (Å²) in [5.74, 6) is 0.928. The third-order valence-corrected chi connectivity index (χ3v) is 5.05. The van der Waals surface area contributed by atoms with Gasteiger partial charge < -0.3 is 5.32 Å². The number of aryl methyl sites for hydroxylation is 3. The molecule has 0 bridgehead atoms. The van der Waals surface area contributed by atoms with Crippen molar-refractivity contribution in [2.24, 2.45) is 0 Å². The van der Waals surface area contributed by atoms with E-state index in [9.17, 15) is 4.79 Å². The fourth-order valence-electron chi connectivity index (χ4n) is 2.68. The van der Waals surface area contributed by atoms with E-state index in [1.807, 2.05) is 0 Å². The zero-order valence-corrected chi connectivity index (χ0v) is 12.8. The highest BCUT2D eigenvalue weighted by Gasteiger charge is 2.16. The second-order valence-corrected chi connectivity index (χ2v) is 6.55. The Labute approximate surface area is 128 Å². The van der Waals surface area contributed by atoms with Gasteiger partial charge >= 0.3 is 0 Å². The van der Waals surface area contributed by atoms with Crippen LogP contribution in [0.15, 0.2) is 12.4 Å². The predicted octanol–water partition coefficient (Wildman–Crippen LogP) is 2.50. The van der Waals surface area contributed by atoms with Crippen LogP contribution in [-0.4, -0.2) is 27.6 Å². The van der Waals surface area contributed by atoms with Crippen molar-refractivity contribution in [3.05, 3.63) is 33.5 Å². The average Bonchev–Trinajstić information content (AvgIpc) is 3.09. The lowest BCUT2D eigenvalue weighted by Gasteiger charge is -2.02. The largest absolute Gasteiger partial charge is 0.351 e. The molecule has 2 aromatic rings. The number of hydrogen-bond acceptors (Lipinski definition) is 4. The number of H-pyrrole nitrogens is 1. The molecule has 2 heterocycles. The van der Waals surface area contributed by atoms with Crippen molar-refractivity contribution < 1.29 is 4.79 Å². The number of carbonyl (C=O) groups excluding carboxylic acids is 1. The molecule has 0 saturated heterocycles. The van der Waals surface area contributed by atoms with Crippen LogP contribution in [0.4, 0.5) is 0 Å². The van der Waals surface area contributed by atoms with Gasteiger partial charge in [0.15, 0.2) is 0 Å². The molecule has 2 N–H and O–H groups in total. The average molecular weight is 304 g/mol. The third kappa shape index (κ3) is 3.69. The Balaban J connectivity index is 1.49. The van der Waals surface area contributed by atoms with Gasteiger partial charge in [0.2, 0.25) is 0 Å². The van der Waals surface area contributed by atoms with Crippen LogP contribution in [0.25, 0.3) is 0 Å². The molecule has 5 nitrogen and oxygen atoms in total. The van der Waals surface area contributed by atoms with Crippen molar-refractivity contribution in [2.45, 2.75) is 44.9 Å². The molecule has 2 aromatic heterocycles. The minimum Gasteiger partial charge on any atom is -0.351 e. The minimum atomic E-state index is 0.0608. The molecular weight excluding hydrogens is 284 g/mol. The van der Waals surface area contributed by atoms with Crippen molar-refractivity contribution >= 4 is 17.2 Å². The van der Waals surface area contributed by atoms with Gasteiger partial charge in [0, 0.05) is 17.8 Å². The highest BCUT2D eigenvalue weighted by atomic mass is 32.1. The summed E-state index contributed by atoms with van der Waals surface area (Å²) in [5, 5.41) is 9.63. The van der Waals surface area contributed by atoms with Gasteiger partial charge in [-0.25, -0.2) is 4.98 Å². The van der Waals surface area contributed by atoms with Crippen LogP contribution in [0, 0.1) is 0 Å². The second kappa shape index (κ2) is 6.85. The fourth-order valence-corrected chi connectivity index (χ4v) is 3.85. The number of thiophene rings is 1. The van der Waals surface area contributed by atoms with Crippen LogP contribution >= 0.6 is 11.3 Å². The van der Waals surface area contributed by atoms with Crippen LogP contribution in [0.5, 0.6) is 0 Å². The van der Waals surface area contributed by atoms with E-state index in [-0.39, 0.29) is 5.91 Å². The first-order valence-electron chi connectivity index (χ1n) is 7.57. The highest BCUT2D eigenvalue weighted by molar-refractivity contribution is 7.14. The summed E-state index contributed by atoms with van der Waals surface area (Å²) in [6.07, 6.45) is 9.27. The quantitative estimate of drug-likeness (QED) is 0.658. The van der Waals surface area contributed by atoms with Gasteiger partial charge in [-0.2, -0.15) is 5.10 Å². The Morgan fingerprint density at radius 1 is 1.33 bits per heavy atom. The summed E-state index contributed by atoms with van der Waals surface area (Å²) in [7, 11) is 0. The second-order valence-electron chi connectivity index (χ2n) is 5.41. The van der Waals surface area contributed by atoms with Crippen LogP contribution in [-0.2, 0) is 19.3 Å². The van der Waals surface area contributed by atoms with Crippen molar-refractivity contribution in [2.75, 3.05) is 6.54 Å². The first kappa shape index (κ1) is 14.3. The lowest BCUT2D eigenvalue weighted by molar-refractivity contribution is 0.0957. The maximum atomic E-state index is 12.2. The normalized spacial score (nSPS) is 14.5. The summed E-state index contributed by atoms with van der Waals surface area (Å²) < 4.78 is 0. The van der Waals surface area contributed by atoms with Gasteiger partial charge in [0.25, 0.3) is 5.91 Å². The molecule has 1 aliphatic rings. The van der Waals surface area contributed by atoms with Gasteiger partial charge in [-0.15, -0.1) is 11.3 Å². The molecule has 1 aliphatic carbocycles. The van der Waals surface area contributed by atoms with E-state index in [0.29, 0.717) is 6.54 Å². The number of hydrogen-bond donors (Lipinski definition) is 2. The molecule has 3 rings (SSSR count). The molecule has 112 valence electrons. The summed E-state index contributed by atoms with van der Waals surface area (Å²) in [5.41, 5.74) is 1.39. The number of aromatic amines is 1. The molecule has 0 unspecified atom stereocenters. The van der Waals surface area contributed by atoms with Crippen molar-refractivity contribution in [1.29, 1.82) is 0 Å². The first-order valence-corrected chi connectivity index (χ1v) is 8.38. The maximum absolute atomic E-state index is 12.2. The Hall–Kier alpha value is -1.69. The van der Waals surface area contributed by atoms with E-state index < -0.39 is 0 Å². The number of amides is 1. The Morgan fingerprint density at radius 2 is 2.24 bits per heavy atom. The fraction of sp³-hybridized carbons (Fsp3) is 0.533. The SMILES string of the molecule is O=C(NCCCc1ncn[nH]1)c1cc2c(s1)CCCCC2. The van der Waals surface area contributed by atoms with Gasteiger partial charge in [0.1, 0.15) is 12.2 Å². The van der Waals surface area contributed by atoms with Crippen LogP contribution in [0.3, 0.4) is 0 Å². The number of nitrogens with zero attached hydrogens (tertiary/aromatic N) is 2. The van der Waals surface area contributed by atoms with Crippen LogP contribution in [0.1, 0.15) is 51.6 Å². The van der Waals surface area contributed by atoms with Crippen molar-refractivity contribution in [3.63, 3.8) is 0 Å². The third-order valence-electron chi connectivity index (χ3n) is 3.81. The molecule has 0 aliphatic heterocycles. The first-order chi connectivity index (χ1) is 10.3. The van der Waals surface area contributed by atoms with E-state index in [4.69, 9.17) is 0 Å². The van der Waals surface area contributed by atoms with E-state index in [0.717, 1.165) is 36.4 Å². The van der Waals surface area contributed by atoms with Gasteiger partial charge in [-0.3, -0.25) is 9.89 Å². The Morgan fingerprint density at radius 3 is 3.10 bits per heavy atom. The summed E-state index contributed by atoms with van der Waals surface area (Å²) in [4.78, 5) is 18.5. The van der Waals surface area contributed by atoms with Gasteiger partial charge in [-0.05, 0) is 43.7 Å². The standard InChI is InChI=1S/C15H20N4OS/c20-15(16-8-4-7-14-17-10-18-19-14)13-9-11-5-2-1-3-6-12(11)21-13/h9-10H,1-8H2,(H,16,20)(H,17,18,19). The molecule has 21 heavy (non-hydrogen) atoms. The molecule has 0 atom stereocenters. The zero-order chi connectivity index (χ0) is 14.5. The monoisotopic (exact) mass is 304 g/mol. The highest BCUT2D eigenvalue weighted by Crippen LogP contribution is 2.28. The number of aromatic nitrogens is 3. The molecule has 0 aromatic carbocycles. The minimum absolute atomic E-state index is 0.0608. The molecule has 0 radical (unpaired) electrons. The molecular formula is C15H20N4OS. The number of fused-ring (bicyclic) bond motifs is 1. The molecule has 0 fully saturated rings. The van der Waals surface area contributed by atoms with Crippen LogP contribution in [0.2, 0.25) is 0 Å². The number of rotatable bonds is 5. The topological polar surface area (TPSA) is 70.7 Å². The Kier molecular flexibility index (Phi) is 4.65. The summed E-state index contributed by atoms with van der Waals surface area (Å²) in [6, 6.07) is 2.09. The smallest absolute Gasteiger partial charge is 0.261 e. The van der Waals surface area contributed by atoms with Crippen molar-refractivity contribution in [1.82, 2.24) is 20.5 Å². The predicted molar refractivity (Wildman–Crippen MR) is 82.6 cm³/mol. The molecule has 0 spiro atoms. The zero-order valence-electron chi connectivity index (χ0n) is 12.0. The van der Waals surface area contributed by atoms with E-state index in [2.05, 4.69) is 26.6 Å². The number of nitrogens with one attached hydrogen (secondary N) is 2. The number of carbonyl (C=O) groups is 1. The maximum Gasteiger partial charge on any atom is 0.261 e. The van der Waals surface area contributed by atoms with E-state index in [1.54, 1.807) is 11.3 Å². The lowest BCUT2D eigenvalue weighted by Crippen LogP contribution is -2.24. The van der Waals surface area contributed by atoms with Gasteiger partial charge in [-0.1, -0.05) is 6.42 Å². The van der Waals surface area contributed by atoms with E-state index in [1.165, 1.54) is 36.0 Å². The van der Waals surface area contributed by atoms with Crippen LogP contribution < -0.4 is 5.32 Å². The molecule has 0 saturated carbocycles. The van der Waals surface area contributed by atoms with Gasteiger partial charge in [0.05, 0.1) is 4.88 Å².